The van der Waals surface area contributed by atoms with Gasteiger partial charge in [-0.2, -0.15) is 0 Å². The number of hydrogen-bond donors (Lipinski definition) is 6. The number of carbonyl (C=O) groups is 4. The van der Waals surface area contributed by atoms with Crippen LogP contribution in [0.1, 0.15) is 25.0 Å². The number of aliphatic hydroxyl groups excluding tert-OH is 1. The lowest BCUT2D eigenvalue weighted by Crippen LogP contribution is -2.59. The highest BCUT2D eigenvalue weighted by Crippen LogP contribution is 2.08. The van der Waals surface area contributed by atoms with Gasteiger partial charge in [-0.3, -0.25) is 14.4 Å². The quantitative estimate of drug-likeness (QED) is 0.225. The van der Waals surface area contributed by atoms with Crippen LogP contribution in [0.4, 0.5) is 0 Å². The summed E-state index contributed by atoms with van der Waals surface area (Å²) in [6.45, 7) is 2.68. The minimum absolute atomic E-state index is 0.0719. The van der Waals surface area contributed by atoms with Gasteiger partial charge in [-0.05, 0) is 23.5 Å². The fraction of sp³-hybridized carbons (Fsp3) is 0.385. The summed E-state index contributed by atoms with van der Waals surface area (Å²) in [6.07, 6.45) is 0.359. The Morgan fingerprint density at radius 1 is 0.750 bits per heavy atom. The van der Waals surface area contributed by atoms with Crippen molar-refractivity contribution in [2.75, 3.05) is 6.61 Å². The van der Waals surface area contributed by atoms with Gasteiger partial charge in [0.25, 0.3) is 0 Å². The molecule has 0 saturated heterocycles. The van der Waals surface area contributed by atoms with Crippen molar-refractivity contribution >= 4 is 23.7 Å². The number of amides is 3. The zero-order chi connectivity index (χ0) is 26.7. The molecule has 0 spiro atoms. The molecule has 194 valence electrons. The summed E-state index contributed by atoms with van der Waals surface area (Å²) in [6, 6.07) is 13.6. The van der Waals surface area contributed by atoms with E-state index in [9.17, 15) is 29.4 Å². The molecule has 0 aromatic heterocycles. The van der Waals surface area contributed by atoms with Crippen LogP contribution < -0.4 is 21.7 Å². The SMILES string of the molecule is CC(C)C(NC(=O)C(N)Cc1ccccc1)C(=O)NC(Cc1ccccc1)C(=O)NC(CO)C(=O)O. The van der Waals surface area contributed by atoms with E-state index in [2.05, 4.69) is 16.0 Å². The number of nitrogens with one attached hydrogen (secondary N) is 3. The zero-order valence-corrected chi connectivity index (χ0v) is 20.4. The minimum atomic E-state index is -1.52. The van der Waals surface area contributed by atoms with Gasteiger partial charge in [0.2, 0.25) is 17.7 Å². The molecule has 0 fully saturated rings. The third-order valence-corrected chi connectivity index (χ3v) is 5.59. The fourth-order valence-electron chi connectivity index (χ4n) is 3.53. The maximum Gasteiger partial charge on any atom is 0.328 e. The van der Waals surface area contributed by atoms with Gasteiger partial charge in [-0.1, -0.05) is 74.5 Å². The number of rotatable bonds is 13. The second kappa shape index (κ2) is 14.0. The van der Waals surface area contributed by atoms with Gasteiger partial charge in [-0.15, -0.1) is 0 Å². The average Bonchev–Trinajstić information content (AvgIpc) is 2.85. The van der Waals surface area contributed by atoms with Gasteiger partial charge >= 0.3 is 5.97 Å². The van der Waals surface area contributed by atoms with E-state index in [0.717, 1.165) is 11.1 Å². The van der Waals surface area contributed by atoms with Crippen LogP contribution in [0.15, 0.2) is 60.7 Å². The second-order valence-electron chi connectivity index (χ2n) is 8.86. The first-order chi connectivity index (χ1) is 17.1. The largest absolute Gasteiger partial charge is 0.480 e. The molecule has 0 aliphatic rings. The molecule has 7 N–H and O–H groups in total. The van der Waals surface area contributed by atoms with E-state index in [4.69, 9.17) is 5.73 Å². The van der Waals surface area contributed by atoms with Gasteiger partial charge in [-0.25, -0.2) is 4.79 Å². The molecule has 4 atom stereocenters. The van der Waals surface area contributed by atoms with Crippen molar-refractivity contribution in [1.29, 1.82) is 0 Å². The van der Waals surface area contributed by atoms with Gasteiger partial charge in [0.1, 0.15) is 18.1 Å². The Labute approximate surface area is 210 Å². The van der Waals surface area contributed by atoms with Crippen molar-refractivity contribution in [1.82, 2.24) is 16.0 Å². The highest BCUT2D eigenvalue weighted by molar-refractivity contribution is 5.94. The Hall–Kier alpha value is -3.76. The second-order valence-corrected chi connectivity index (χ2v) is 8.86. The molecule has 4 unspecified atom stereocenters. The molecule has 0 aliphatic heterocycles. The number of carboxylic acids is 1. The van der Waals surface area contributed by atoms with E-state index < -0.39 is 54.5 Å². The van der Waals surface area contributed by atoms with Crippen LogP contribution in [0.5, 0.6) is 0 Å². The van der Waals surface area contributed by atoms with E-state index in [1.807, 2.05) is 30.3 Å². The molecule has 0 bridgehead atoms. The number of aliphatic hydroxyl groups is 1. The van der Waals surface area contributed by atoms with Crippen molar-refractivity contribution in [2.45, 2.75) is 50.9 Å². The first kappa shape index (κ1) is 28.5. The highest BCUT2D eigenvalue weighted by Gasteiger charge is 2.31. The van der Waals surface area contributed by atoms with Crippen LogP contribution in [-0.4, -0.2) is 64.7 Å². The molecule has 0 heterocycles. The average molecular weight is 499 g/mol. The predicted octanol–water partition coefficient (Wildman–Crippen LogP) is -0.0136. The number of carbonyl (C=O) groups excluding carboxylic acids is 3. The van der Waals surface area contributed by atoms with Crippen LogP contribution in [0, 0.1) is 5.92 Å². The third-order valence-electron chi connectivity index (χ3n) is 5.59. The maximum absolute atomic E-state index is 13.2. The Bertz CT molecular complexity index is 1020. The Morgan fingerprint density at radius 3 is 1.72 bits per heavy atom. The van der Waals surface area contributed by atoms with Gasteiger partial charge in [0, 0.05) is 6.42 Å². The van der Waals surface area contributed by atoms with Crippen molar-refractivity contribution in [3.8, 4) is 0 Å². The summed E-state index contributed by atoms with van der Waals surface area (Å²) in [5.41, 5.74) is 7.66. The first-order valence-corrected chi connectivity index (χ1v) is 11.7. The Balaban J connectivity index is 2.15. The number of benzene rings is 2. The smallest absolute Gasteiger partial charge is 0.328 e. The molecular weight excluding hydrogens is 464 g/mol. The Kier molecular flexibility index (Phi) is 11.0. The predicted molar refractivity (Wildman–Crippen MR) is 134 cm³/mol. The van der Waals surface area contributed by atoms with Crippen molar-refractivity contribution in [2.24, 2.45) is 11.7 Å². The van der Waals surface area contributed by atoms with E-state index in [0.29, 0.717) is 0 Å². The van der Waals surface area contributed by atoms with E-state index in [-0.39, 0.29) is 18.8 Å². The minimum Gasteiger partial charge on any atom is -0.480 e. The van der Waals surface area contributed by atoms with Crippen LogP contribution >= 0.6 is 0 Å². The van der Waals surface area contributed by atoms with E-state index in [1.54, 1.807) is 44.2 Å². The monoisotopic (exact) mass is 498 g/mol. The molecule has 0 saturated carbocycles. The first-order valence-electron chi connectivity index (χ1n) is 11.7. The summed E-state index contributed by atoms with van der Waals surface area (Å²) in [4.78, 5) is 50.1. The molecule has 2 aromatic rings. The summed E-state index contributed by atoms with van der Waals surface area (Å²) < 4.78 is 0. The summed E-state index contributed by atoms with van der Waals surface area (Å²) in [5.74, 6) is -3.64. The van der Waals surface area contributed by atoms with E-state index >= 15 is 0 Å². The topological polar surface area (TPSA) is 171 Å². The van der Waals surface area contributed by atoms with Crippen LogP contribution in [0.25, 0.3) is 0 Å². The van der Waals surface area contributed by atoms with Crippen molar-refractivity contribution in [3.63, 3.8) is 0 Å². The lowest BCUT2D eigenvalue weighted by molar-refractivity contribution is -0.143. The molecular formula is C26H34N4O6. The summed E-state index contributed by atoms with van der Waals surface area (Å²) in [7, 11) is 0. The molecule has 3 amide bonds. The van der Waals surface area contributed by atoms with Crippen molar-refractivity contribution < 1.29 is 29.4 Å². The standard InChI is InChI=1S/C26H34N4O6/c1-16(2)22(30-23(32)19(27)13-17-9-5-3-6-10-17)25(34)28-20(14-18-11-7-4-8-12-18)24(33)29-21(15-31)26(35)36/h3-12,16,19-22,31H,13-15,27H2,1-2H3,(H,28,34)(H,29,33)(H,30,32)(H,35,36). The zero-order valence-electron chi connectivity index (χ0n) is 20.4. The molecule has 2 rings (SSSR count). The lowest BCUT2D eigenvalue weighted by atomic mass is 9.99. The fourth-order valence-corrected chi connectivity index (χ4v) is 3.53. The van der Waals surface area contributed by atoms with Crippen LogP contribution in [0.2, 0.25) is 0 Å². The number of carboxylic acid groups (broad SMARTS) is 1. The van der Waals surface area contributed by atoms with Gasteiger partial charge < -0.3 is 31.9 Å². The van der Waals surface area contributed by atoms with Crippen molar-refractivity contribution in [3.05, 3.63) is 71.8 Å². The summed E-state index contributed by atoms with van der Waals surface area (Å²) in [5, 5.41) is 26.0. The number of nitrogens with two attached hydrogens (primary N) is 1. The van der Waals surface area contributed by atoms with Crippen LogP contribution in [0.3, 0.4) is 0 Å². The molecule has 10 nitrogen and oxygen atoms in total. The molecule has 36 heavy (non-hydrogen) atoms. The normalized spacial score (nSPS) is 14.2. The van der Waals surface area contributed by atoms with Crippen LogP contribution in [-0.2, 0) is 32.0 Å². The number of aliphatic carboxylic acids is 1. The summed E-state index contributed by atoms with van der Waals surface area (Å²) >= 11 is 0. The maximum atomic E-state index is 13.2. The Morgan fingerprint density at radius 2 is 1.25 bits per heavy atom. The van der Waals surface area contributed by atoms with Gasteiger partial charge in [0.05, 0.1) is 12.6 Å². The highest BCUT2D eigenvalue weighted by atomic mass is 16.4. The third kappa shape index (κ3) is 8.79. The lowest BCUT2D eigenvalue weighted by Gasteiger charge is -2.27. The molecule has 0 radical (unpaired) electrons. The molecule has 10 heteroatoms. The van der Waals surface area contributed by atoms with Gasteiger partial charge in [0.15, 0.2) is 0 Å². The van der Waals surface area contributed by atoms with E-state index in [1.165, 1.54) is 0 Å². The number of hydrogen-bond acceptors (Lipinski definition) is 6. The molecule has 0 aliphatic carbocycles. The molecule has 2 aromatic carbocycles.